The van der Waals surface area contributed by atoms with Gasteiger partial charge in [-0.05, 0) is 134 Å². The minimum absolute atomic E-state index is 0.789. The van der Waals surface area contributed by atoms with Gasteiger partial charge >= 0.3 is 0 Å². The Kier molecular flexibility index (Phi) is 9.12. The molecule has 240 valence electrons. The smallest absolute Gasteiger partial charge is 0.0485 e. The zero-order chi connectivity index (χ0) is 33.7. The molecule has 2 heteroatoms. The van der Waals surface area contributed by atoms with Crippen LogP contribution in [-0.2, 0) is 6.42 Å². The number of nitrogens with zero attached hydrogens (tertiary/aromatic N) is 2. The van der Waals surface area contributed by atoms with E-state index in [1.807, 2.05) is 0 Å². The highest BCUT2D eigenvalue weighted by molar-refractivity contribution is 5.84. The minimum atomic E-state index is 0.789. The Bertz CT molecular complexity index is 2070. The van der Waals surface area contributed by atoms with Crippen LogP contribution < -0.4 is 9.80 Å². The summed E-state index contributed by atoms with van der Waals surface area (Å²) >= 11 is 0. The van der Waals surface area contributed by atoms with Gasteiger partial charge in [0.1, 0.15) is 0 Å². The van der Waals surface area contributed by atoms with E-state index >= 15 is 0 Å². The predicted octanol–water partition coefficient (Wildman–Crippen LogP) is 13.1. The van der Waals surface area contributed by atoms with Gasteiger partial charge in [-0.2, -0.15) is 0 Å². The Morgan fingerprint density at radius 1 is 0.347 bits per heavy atom. The van der Waals surface area contributed by atoms with E-state index in [1.165, 1.54) is 44.5 Å². The molecule has 49 heavy (non-hydrogen) atoms. The maximum absolute atomic E-state index is 2.39. The Morgan fingerprint density at radius 3 is 1.35 bits per heavy atom. The third kappa shape index (κ3) is 7.20. The molecule has 0 bridgehead atoms. The molecule has 7 aromatic rings. The molecule has 0 radical (unpaired) electrons. The van der Waals surface area contributed by atoms with E-state index in [4.69, 9.17) is 0 Å². The first kappa shape index (κ1) is 31.7. The number of rotatable bonds is 9. The Morgan fingerprint density at radius 2 is 0.837 bits per heavy atom. The molecule has 0 heterocycles. The summed E-state index contributed by atoms with van der Waals surface area (Å²) in [6, 6.07) is 61.9. The van der Waals surface area contributed by atoms with Crippen molar-refractivity contribution in [1.29, 1.82) is 0 Å². The average molecular weight is 635 g/mol. The van der Waals surface area contributed by atoms with Gasteiger partial charge in [-0.1, -0.05) is 114 Å². The first-order valence-corrected chi connectivity index (χ1v) is 17.1. The van der Waals surface area contributed by atoms with Gasteiger partial charge in [0, 0.05) is 34.1 Å². The van der Waals surface area contributed by atoms with E-state index in [1.54, 1.807) is 0 Å². The third-order valence-corrected chi connectivity index (χ3v) is 9.08. The lowest BCUT2D eigenvalue weighted by atomic mass is 9.94. The summed E-state index contributed by atoms with van der Waals surface area (Å²) in [4.78, 5) is 4.79. The van der Waals surface area contributed by atoms with Crippen LogP contribution in [0.5, 0.6) is 0 Å². The van der Waals surface area contributed by atoms with Gasteiger partial charge in [0.2, 0.25) is 0 Å². The van der Waals surface area contributed by atoms with Gasteiger partial charge in [-0.15, -0.1) is 0 Å². The molecule has 0 aliphatic heterocycles. The molecule has 0 amide bonds. The minimum Gasteiger partial charge on any atom is -0.310 e. The van der Waals surface area contributed by atoms with Crippen LogP contribution >= 0.6 is 0 Å². The summed E-state index contributed by atoms with van der Waals surface area (Å²) in [6.07, 6.45) is 0.789. The quantitative estimate of drug-likeness (QED) is 0.156. The lowest BCUT2D eigenvalue weighted by Crippen LogP contribution is -2.14. The van der Waals surface area contributed by atoms with Crippen molar-refractivity contribution in [3.63, 3.8) is 0 Å². The second-order valence-corrected chi connectivity index (χ2v) is 13.1. The van der Waals surface area contributed by atoms with E-state index in [2.05, 4.69) is 207 Å². The van der Waals surface area contributed by atoms with E-state index in [9.17, 15) is 0 Å². The fourth-order valence-corrected chi connectivity index (χ4v) is 6.63. The summed E-state index contributed by atoms with van der Waals surface area (Å²) in [5.74, 6) is 0. The molecular weight excluding hydrogens is 593 g/mol. The van der Waals surface area contributed by atoms with Crippen molar-refractivity contribution in [3.05, 3.63) is 203 Å². The molecule has 0 aromatic heterocycles. The topological polar surface area (TPSA) is 6.48 Å². The van der Waals surface area contributed by atoms with E-state index in [0.29, 0.717) is 0 Å². The normalized spacial score (nSPS) is 10.9. The van der Waals surface area contributed by atoms with Crippen molar-refractivity contribution in [2.75, 3.05) is 9.80 Å². The molecule has 0 aliphatic carbocycles. The lowest BCUT2D eigenvalue weighted by molar-refractivity contribution is 1.16. The summed E-state index contributed by atoms with van der Waals surface area (Å²) in [6.45, 7) is 8.61. The maximum Gasteiger partial charge on any atom is 0.0485 e. The van der Waals surface area contributed by atoms with E-state index in [0.717, 1.165) is 40.5 Å². The monoisotopic (exact) mass is 634 g/mol. The van der Waals surface area contributed by atoms with Gasteiger partial charge in [0.05, 0.1) is 0 Å². The molecule has 0 fully saturated rings. The van der Waals surface area contributed by atoms with Crippen molar-refractivity contribution in [2.45, 2.75) is 34.1 Å². The highest BCUT2D eigenvalue weighted by Gasteiger charge is 2.20. The molecule has 0 unspecified atom stereocenters. The highest BCUT2D eigenvalue weighted by atomic mass is 15.2. The van der Waals surface area contributed by atoms with Crippen LogP contribution in [0.25, 0.3) is 11.1 Å². The van der Waals surface area contributed by atoms with Crippen LogP contribution in [0.3, 0.4) is 0 Å². The van der Waals surface area contributed by atoms with Crippen molar-refractivity contribution < 1.29 is 0 Å². The fourth-order valence-electron chi connectivity index (χ4n) is 6.63. The SMILES string of the molecule is Cc1ccc(N(c2cccc(C)c2)c2cc(Cc3ccccc3-c3ccccc3)cc(N(c3ccc(C)cc3)c3cccc(C)c3)c2)cc1. The average Bonchev–Trinajstić information content (AvgIpc) is 3.11. The van der Waals surface area contributed by atoms with Gasteiger partial charge in [-0.3, -0.25) is 0 Å². The van der Waals surface area contributed by atoms with Crippen LogP contribution in [0.2, 0.25) is 0 Å². The number of hydrogen-bond donors (Lipinski definition) is 0. The van der Waals surface area contributed by atoms with Crippen molar-refractivity contribution >= 4 is 34.1 Å². The number of benzene rings is 7. The summed E-state index contributed by atoms with van der Waals surface area (Å²) in [7, 11) is 0. The summed E-state index contributed by atoms with van der Waals surface area (Å²) in [5, 5.41) is 0. The summed E-state index contributed by atoms with van der Waals surface area (Å²) < 4.78 is 0. The second-order valence-electron chi connectivity index (χ2n) is 13.1. The number of aryl methyl sites for hydroxylation is 4. The Hall–Kier alpha value is -5.86. The Labute approximate surface area is 291 Å². The standard InChI is InChI=1S/C47H42N2/c1-34-20-24-41(25-21-34)48(43-17-10-12-36(3)28-43)45-31-38(30-40-16-8-9-19-47(40)39-14-6-5-7-15-39)32-46(33-45)49(42-26-22-35(2)23-27-42)44-18-11-13-37(4)29-44/h5-29,31-33H,30H2,1-4H3. The van der Waals surface area contributed by atoms with E-state index < -0.39 is 0 Å². The zero-order valence-corrected chi connectivity index (χ0v) is 28.8. The van der Waals surface area contributed by atoms with E-state index in [-0.39, 0.29) is 0 Å². The highest BCUT2D eigenvalue weighted by Crippen LogP contribution is 2.42. The molecule has 0 saturated heterocycles. The Balaban J connectivity index is 1.47. The maximum atomic E-state index is 2.39. The first-order valence-electron chi connectivity index (χ1n) is 17.1. The van der Waals surface area contributed by atoms with Crippen molar-refractivity contribution in [3.8, 4) is 11.1 Å². The molecule has 0 aliphatic rings. The molecule has 2 nitrogen and oxygen atoms in total. The molecule has 0 saturated carbocycles. The first-order chi connectivity index (χ1) is 23.9. The van der Waals surface area contributed by atoms with Crippen molar-refractivity contribution in [1.82, 2.24) is 0 Å². The van der Waals surface area contributed by atoms with Crippen LogP contribution in [0.1, 0.15) is 33.4 Å². The van der Waals surface area contributed by atoms with Crippen LogP contribution in [0.4, 0.5) is 34.1 Å². The van der Waals surface area contributed by atoms with Crippen LogP contribution in [0, 0.1) is 27.7 Å². The number of hydrogen-bond acceptors (Lipinski definition) is 2. The van der Waals surface area contributed by atoms with Crippen LogP contribution in [-0.4, -0.2) is 0 Å². The largest absolute Gasteiger partial charge is 0.310 e. The molecule has 7 rings (SSSR count). The molecule has 7 aromatic carbocycles. The molecular formula is C47H42N2. The van der Waals surface area contributed by atoms with Gasteiger partial charge in [-0.25, -0.2) is 0 Å². The van der Waals surface area contributed by atoms with Gasteiger partial charge in [0.15, 0.2) is 0 Å². The third-order valence-electron chi connectivity index (χ3n) is 9.08. The molecule has 0 spiro atoms. The molecule has 0 atom stereocenters. The van der Waals surface area contributed by atoms with Crippen molar-refractivity contribution in [2.24, 2.45) is 0 Å². The van der Waals surface area contributed by atoms with Gasteiger partial charge in [0.25, 0.3) is 0 Å². The molecule has 0 N–H and O–H groups in total. The van der Waals surface area contributed by atoms with Crippen LogP contribution in [0.15, 0.2) is 170 Å². The second kappa shape index (κ2) is 14.1. The lowest BCUT2D eigenvalue weighted by Gasteiger charge is -2.31. The summed E-state index contributed by atoms with van der Waals surface area (Å²) in [5.41, 5.74) is 16.7. The number of anilines is 6. The zero-order valence-electron chi connectivity index (χ0n) is 28.8. The van der Waals surface area contributed by atoms with Gasteiger partial charge < -0.3 is 9.80 Å². The predicted molar refractivity (Wildman–Crippen MR) is 209 cm³/mol. The fraction of sp³-hybridized carbons (Fsp3) is 0.106.